The molecule has 21 heavy (non-hydrogen) atoms. The lowest BCUT2D eigenvalue weighted by atomic mass is 9.77. The summed E-state index contributed by atoms with van der Waals surface area (Å²) in [7, 11) is 0. The van der Waals surface area contributed by atoms with E-state index in [0.717, 1.165) is 4.90 Å². The molecule has 2 rings (SSSR count). The van der Waals surface area contributed by atoms with Gasteiger partial charge in [-0.2, -0.15) is 13.2 Å². The zero-order valence-corrected chi connectivity index (χ0v) is 11.4. The summed E-state index contributed by atoms with van der Waals surface area (Å²) in [6.45, 7) is -0.934. The van der Waals surface area contributed by atoms with Crippen molar-refractivity contribution in [3.8, 4) is 0 Å². The number of alkyl halides is 3. The average molecular weight is 309 g/mol. The van der Waals surface area contributed by atoms with Gasteiger partial charge in [-0.05, 0) is 25.7 Å². The third kappa shape index (κ3) is 3.39. The molecule has 0 radical (unpaired) electrons. The topological polar surface area (TPSA) is 88.2 Å². The third-order valence-corrected chi connectivity index (χ3v) is 3.95. The Morgan fingerprint density at radius 1 is 1.38 bits per heavy atom. The van der Waals surface area contributed by atoms with Crippen LogP contribution in [0.2, 0.25) is 0 Å². The lowest BCUT2D eigenvalue weighted by Crippen LogP contribution is -2.56. The predicted octanol–water partition coefficient (Wildman–Crippen LogP) is 1.08. The van der Waals surface area contributed by atoms with Crippen LogP contribution in [0.1, 0.15) is 25.7 Å². The second-order valence-corrected chi connectivity index (χ2v) is 5.46. The lowest BCUT2D eigenvalue weighted by Gasteiger charge is -2.39. The number of halogens is 3. The van der Waals surface area contributed by atoms with Gasteiger partial charge in [-0.3, -0.25) is 4.79 Å². The molecule has 1 heterocycles. The number of oxime groups is 1. The summed E-state index contributed by atoms with van der Waals surface area (Å²) in [6, 6.07) is -0.412. The molecule has 0 bridgehead atoms. The van der Waals surface area contributed by atoms with Crippen LogP contribution < -0.4 is 5.73 Å². The van der Waals surface area contributed by atoms with E-state index in [4.69, 9.17) is 15.7 Å². The second-order valence-electron chi connectivity index (χ2n) is 5.46. The average Bonchev–Trinajstić information content (AvgIpc) is 3.27. The fourth-order valence-corrected chi connectivity index (χ4v) is 2.62. The second kappa shape index (κ2) is 5.70. The Bertz CT molecular complexity index is 429. The van der Waals surface area contributed by atoms with Crippen LogP contribution in [0.4, 0.5) is 13.2 Å². The molecule has 1 saturated heterocycles. The first-order valence-electron chi connectivity index (χ1n) is 6.74. The van der Waals surface area contributed by atoms with Gasteiger partial charge in [0, 0.05) is 19.3 Å². The summed E-state index contributed by atoms with van der Waals surface area (Å²) in [5.74, 6) is -1.07. The number of hydrogen-bond donors (Lipinski definition) is 2. The van der Waals surface area contributed by atoms with Gasteiger partial charge in [-0.1, -0.05) is 5.16 Å². The number of amidine groups is 1. The molecule has 1 amide bonds. The molecule has 9 heteroatoms. The summed E-state index contributed by atoms with van der Waals surface area (Å²) in [6.07, 6.45) is -3.16. The maximum absolute atomic E-state index is 12.7. The molecule has 120 valence electrons. The van der Waals surface area contributed by atoms with E-state index in [1.807, 2.05) is 0 Å². The molecule has 1 aliphatic heterocycles. The maximum Gasteiger partial charge on any atom is 0.406 e. The summed E-state index contributed by atoms with van der Waals surface area (Å²) in [5, 5.41) is 11.8. The Morgan fingerprint density at radius 3 is 2.38 bits per heavy atom. The molecule has 1 aliphatic carbocycles. The summed E-state index contributed by atoms with van der Waals surface area (Å²) in [5.41, 5.74) is 4.22. The lowest BCUT2D eigenvalue weighted by molar-refractivity contribution is -0.169. The van der Waals surface area contributed by atoms with Gasteiger partial charge in [0.15, 0.2) is 5.84 Å². The number of rotatable bonds is 4. The minimum absolute atomic E-state index is 0.114. The fourth-order valence-electron chi connectivity index (χ4n) is 2.62. The van der Waals surface area contributed by atoms with Crippen LogP contribution in [-0.4, -0.2) is 53.8 Å². The van der Waals surface area contributed by atoms with Crippen LogP contribution in [0, 0.1) is 5.41 Å². The number of nitrogens with zero attached hydrogens (tertiary/aromatic N) is 2. The molecule has 0 aromatic rings. The Labute approximate surface area is 119 Å². The van der Waals surface area contributed by atoms with E-state index in [-0.39, 0.29) is 31.9 Å². The monoisotopic (exact) mass is 309 g/mol. The van der Waals surface area contributed by atoms with Gasteiger partial charge in [0.2, 0.25) is 5.91 Å². The van der Waals surface area contributed by atoms with Gasteiger partial charge in [-0.15, -0.1) is 0 Å². The standard InChI is InChI=1S/C12H18F3N3O3/c13-12(14,15)7-18(8-1-2-8)10(19)11(9(16)17-20)3-5-21-6-4-11/h8,20H,1-7H2,(H2,16,17). The van der Waals surface area contributed by atoms with Crippen LogP contribution in [0.5, 0.6) is 0 Å². The van der Waals surface area contributed by atoms with E-state index < -0.39 is 30.1 Å². The quantitative estimate of drug-likeness (QED) is 0.352. The van der Waals surface area contributed by atoms with Crippen LogP contribution in [0.25, 0.3) is 0 Å². The van der Waals surface area contributed by atoms with Crippen molar-refractivity contribution >= 4 is 11.7 Å². The molecule has 0 aromatic heterocycles. The van der Waals surface area contributed by atoms with E-state index in [0.29, 0.717) is 12.8 Å². The first-order chi connectivity index (χ1) is 9.80. The van der Waals surface area contributed by atoms with Gasteiger partial charge in [0.1, 0.15) is 12.0 Å². The molecular formula is C12H18F3N3O3. The molecule has 1 saturated carbocycles. The zero-order chi connectivity index (χ0) is 15.7. The predicted molar refractivity (Wildman–Crippen MR) is 66.7 cm³/mol. The molecule has 2 aliphatic rings. The molecule has 3 N–H and O–H groups in total. The molecule has 0 spiro atoms. The molecule has 6 nitrogen and oxygen atoms in total. The van der Waals surface area contributed by atoms with Crippen LogP contribution >= 0.6 is 0 Å². The van der Waals surface area contributed by atoms with Crippen molar-refractivity contribution in [1.82, 2.24) is 4.90 Å². The highest BCUT2D eigenvalue weighted by Gasteiger charge is 2.51. The highest BCUT2D eigenvalue weighted by Crippen LogP contribution is 2.38. The number of hydrogen-bond acceptors (Lipinski definition) is 4. The maximum atomic E-state index is 12.7. The van der Waals surface area contributed by atoms with Crippen molar-refractivity contribution in [2.75, 3.05) is 19.8 Å². The van der Waals surface area contributed by atoms with E-state index in [9.17, 15) is 18.0 Å². The molecular weight excluding hydrogens is 291 g/mol. The van der Waals surface area contributed by atoms with Crippen molar-refractivity contribution in [3.05, 3.63) is 0 Å². The Kier molecular flexibility index (Phi) is 4.31. The van der Waals surface area contributed by atoms with Crippen molar-refractivity contribution in [1.29, 1.82) is 0 Å². The fraction of sp³-hybridized carbons (Fsp3) is 0.833. The van der Waals surface area contributed by atoms with Crippen molar-refractivity contribution < 1.29 is 27.9 Å². The molecule has 0 unspecified atom stereocenters. The van der Waals surface area contributed by atoms with Gasteiger partial charge in [0.05, 0.1) is 0 Å². The summed E-state index contributed by atoms with van der Waals surface area (Å²) >= 11 is 0. The number of nitrogens with two attached hydrogens (primary N) is 1. The van der Waals surface area contributed by atoms with Crippen molar-refractivity contribution in [3.63, 3.8) is 0 Å². The SMILES string of the molecule is NC(=NO)C1(C(=O)N(CC(F)(F)F)C2CC2)CCOCC1. The van der Waals surface area contributed by atoms with Crippen LogP contribution in [0.3, 0.4) is 0 Å². The highest BCUT2D eigenvalue weighted by atomic mass is 19.4. The smallest absolute Gasteiger partial charge is 0.406 e. The number of amides is 1. The van der Waals surface area contributed by atoms with Crippen molar-refractivity contribution in [2.45, 2.75) is 37.9 Å². The van der Waals surface area contributed by atoms with Gasteiger partial charge >= 0.3 is 6.18 Å². The van der Waals surface area contributed by atoms with Gasteiger partial charge in [-0.25, -0.2) is 0 Å². The Balaban J connectivity index is 2.27. The first-order valence-corrected chi connectivity index (χ1v) is 6.74. The van der Waals surface area contributed by atoms with Crippen LogP contribution in [0.15, 0.2) is 5.16 Å². The van der Waals surface area contributed by atoms with E-state index in [1.165, 1.54) is 0 Å². The Morgan fingerprint density at radius 2 is 1.95 bits per heavy atom. The first kappa shape index (κ1) is 15.9. The number of carbonyl (C=O) groups excluding carboxylic acids is 1. The molecule has 2 fully saturated rings. The zero-order valence-electron chi connectivity index (χ0n) is 11.4. The molecule has 0 atom stereocenters. The Hall–Kier alpha value is -1.51. The number of carbonyl (C=O) groups is 1. The number of ether oxygens (including phenoxy) is 1. The van der Waals surface area contributed by atoms with Crippen LogP contribution in [-0.2, 0) is 9.53 Å². The normalized spacial score (nSPS) is 22.9. The van der Waals surface area contributed by atoms with Crippen molar-refractivity contribution in [2.24, 2.45) is 16.3 Å². The summed E-state index contributed by atoms with van der Waals surface area (Å²) in [4.78, 5) is 13.5. The molecule has 0 aromatic carbocycles. The van der Waals surface area contributed by atoms with Gasteiger partial charge < -0.3 is 20.6 Å². The largest absolute Gasteiger partial charge is 0.409 e. The van der Waals surface area contributed by atoms with E-state index in [1.54, 1.807) is 0 Å². The van der Waals surface area contributed by atoms with E-state index >= 15 is 0 Å². The highest BCUT2D eigenvalue weighted by molar-refractivity contribution is 6.07. The third-order valence-electron chi connectivity index (χ3n) is 3.95. The summed E-state index contributed by atoms with van der Waals surface area (Å²) < 4.78 is 43.2. The minimum Gasteiger partial charge on any atom is -0.409 e. The minimum atomic E-state index is -4.48. The van der Waals surface area contributed by atoms with E-state index in [2.05, 4.69) is 5.16 Å². The van der Waals surface area contributed by atoms with Gasteiger partial charge in [0.25, 0.3) is 0 Å².